The van der Waals surface area contributed by atoms with Gasteiger partial charge in [-0.15, -0.1) is 0 Å². The minimum absolute atomic E-state index is 0.109. The predicted octanol–water partition coefficient (Wildman–Crippen LogP) is 5.93. The van der Waals surface area contributed by atoms with Gasteiger partial charge in [-0.25, -0.2) is 0 Å². The molecule has 2 nitrogen and oxygen atoms in total. The molecular formula is C16H23F7O2. The topological polar surface area (TPSA) is 18.5 Å². The molecule has 0 radical (unpaired) electrons. The predicted molar refractivity (Wildman–Crippen MR) is 77.3 cm³/mol. The third kappa shape index (κ3) is 7.03. The molecule has 1 rings (SSSR count). The largest absolute Gasteiger partial charge is 0.502 e. The number of unbranched alkanes of at least 4 members (excludes halogenated alkanes) is 1. The maximum absolute atomic E-state index is 14.0. The second-order valence-corrected chi connectivity index (χ2v) is 6.27. The summed E-state index contributed by atoms with van der Waals surface area (Å²) in [7, 11) is 0. The zero-order valence-corrected chi connectivity index (χ0v) is 13.8. The van der Waals surface area contributed by atoms with E-state index in [1.54, 1.807) is 0 Å². The van der Waals surface area contributed by atoms with Gasteiger partial charge in [-0.2, -0.15) is 30.7 Å². The third-order valence-electron chi connectivity index (χ3n) is 4.33. The van der Waals surface area contributed by atoms with Gasteiger partial charge in [-0.3, -0.25) is 0 Å². The first kappa shape index (κ1) is 22.1. The van der Waals surface area contributed by atoms with Crippen molar-refractivity contribution in [3.8, 4) is 0 Å². The van der Waals surface area contributed by atoms with Crippen LogP contribution >= 0.6 is 0 Å². The minimum atomic E-state index is -4.65. The van der Waals surface area contributed by atoms with E-state index in [0.29, 0.717) is 6.42 Å². The molecule has 0 heterocycles. The van der Waals surface area contributed by atoms with Crippen LogP contribution in [0.25, 0.3) is 0 Å². The molecule has 0 aliphatic heterocycles. The summed E-state index contributed by atoms with van der Waals surface area (Å²) in [5, 5.41) is 0. The quantitative estimate of drug-likeness (QED) is 0.266. The fourth-order valence-corrected chi connectivity index (χ4v) is 2.96. The Labute approximate surface area is 142 Å². The average Bonchev–Trinajstić information content (AvgIpc) is 2.49. The van der Waals surface area contributed by atoms with Gasteiger partial charge < -0.3 is 9.47 Å². The molecule has 1 fully saturated rings. The van der Waals surface area contributed by atoms with E-state index in [2.05, 4.69) is 11.3 Å². The van der Waals surface area contributed by atoms with Crippen molar-refractivity contribution in [3.05, 3.63) is 12.8 Å². The summed E-state index contributed by atoms with van der Waals surface area (Å²) in [6.07, 6.45) is -9.49. The monoisotopic (exact) mass is 380 g/mol. The van der Waals surface area contributed by atoms with Gasteiger partial charge in [0.2, 0.25) is 0 Å². The summed E-state index contributed by atoms with van der Waals surface area (Å²) in [4.78, 5) is 0. The third-order valence-corrected chi connectivity index (χ3v) is 4.33. The van der Waals surface area contributed by atoms with Crippen LogP contribution in [0, 0.1) is 11.8 Å². The van der Waals surface area contributed by atoms with E-state index >= 15 is 0 Å². The maximum atomic E-state index is 14.0. The van der Waals surface area contributed by atoms with E-state index in [4.69, 9.17) is 4.74 Å². The summed E-state index contributed by atoms with van der Waals surface area (Å²) in [6, 6.07) is 0. The van der Waals surface area contributed by atoms with Crippen molar-refractivity contribution in [2.45, 2.75) is 63.2 Å². The van der Waals surface area contributed by atoms with Gasteiger partial charge in [-0.05, 0) is 44.4 Å². The second kappa shape index (κ2) is 9.09. The van der Waals surface area contributed by atoms with E-state index in [9.17, 15) is 30.7 Å². The lowest BCUT2D eigenvalue weighted by Crippen LogP contribution is -2.49. The molecule has 1 aliphatic rings. The van der Waals surface area contributed by atoms with Crippen molar-refractivity contribution in [1.82, 2.24) is 0 Å². The van der Waals surface area contributed by atoms with Gasteiger partial charge in [0, 0.05) is 12.3 Å². The Morgan fingerprint density at radius 3 is 1.96 bits per heavy atom. The molecule has 9 heteroatoms. The van der Waals surface area contributed by atoms with Crippen LogP contribution in [0.5, 0.6) is 0 Å². The SMILES string of the molecule is C=COCCCCOC(F)(F)C(F)(F)C1CCC(CC(F)(F)F)CC1. The van der Waals surface area contributed by atoms with Crippen LogP contribution in [0.1, 0.15) is 44.9 Å². The van der Waals surface area contributed by atoms with Gasteiger partial charge in [0.05, 0.1) is 19.5 Å². The van der Waals surface area contributed by atoms with Crippen molar-refractivity contribution in [2.24, 2.45) is 11.8 Å². The van der Waals surface area contributed by atoms with Crippen LogP contribution in [0.15, 0.2) is 12.8 Å². The van der Waals surface area contributed by atoms with Crippen molar-refractivity contribution in [2.75, 3.05) is 13.2 Å². The van der Waals surface area contributed by atoms with Crippen LogP contribution < -0.4 is 0 Å². The fourth-order valence-electron chi connectivity index (χ4n) is 2.96. The fraction of sp³-hybridized carbons (Fsp3) is 0.875. The van der Waals surface area contributed by atoms with Gasteiger partial charge in [-0.1, -0.05) is 6.58 Å². The van der Waals surface area contributed by atoms with Crippen LogP contribution in [0.4, 0.5) is 30.7 Å². The Morgan fingerprint density at radius 2 is 1.44 bits per heavy atom. The molecule has 0 unspecified atom stereocenters. The molecule has 0 spiro atoms. The van der Waals surface area contributed by atoms with E-state index in [0.717, 1.165) is 0 Å². The van der Waals surface area contributed by atoms with Crippen LogP contribution in [-0.4, -0.2) is 31.4 Å². The van der Waals surface area contributed by atoms with E-state index in [1.807, 2.05) is 0 Å². The molecular weight excluding hydrogens is 357 g/mol. The molecule has 0 amide bonds. The van der Waals surface area contributed by atoms with E-state index in [1.165, 1.54) is 6.26 Å². The lowest BCUT2D eigenvalue weighted by Gasteiger charge is -2.37. The number of hydrogen-bond donors (Lipinski definition) is 0. The molecule has 1 aliphatic carbocycles. The molecule has 0 saturated heterocycles. The highest BCUT2D eigenvalue weighted by Crippen LogP contribution is 2.48. The Hall–Kier alpha value is -0.990. The van der Waals surface area contributed by atoms with Crippen LogP contribution in [0.3, 0.4) is 0 Å². The molecule has 0 aromatic heterocycles. The molecule has 0 N–H and O–H groups in total. The highest BCUT2D eigenvalue weighted by molar-refractivity contribution is 4.89. The number of halogens is 7. The molecule has 0 atom stereocenters. The highest BCUT2D eigenvalue weighted by atomic mass is 19.4. The van der Waals surface area contributed by atoms with Crippen molar-refractivity contribution in [3.63, 3.8) is 0 Å². The average molecular weight is 380 g/mol. The Kier molecular flexibility index (Phi) is 8.02. The van der Waals surface area contributed by atoms with E-state index in [-0.39, 0.29) is 38.7 Å². The molecule has 0 aromatic rings. The van der Waals surface area contributed by atoms with Crippen LogP contribution in [0.2, 0.25) is 0 Å². The summed E-state index contributed by atoms with van der Waals surface area (Å²) < 4.78 is 101. The first-order valence-electron chi connectivity index (χ1n) is 8.18. The standard InChI is InChI=1S/C16H23F7O2/c1-2-24-9-3-4-10-25-16(22,23)15(20,21)13-7-5-12(6-8-13)11-14(17,18)19/h2,12-13H,1,3-11H2. The van der Waals surface area contributed by atoms with Gasteiger partial charge in [0.1, 0.15) is 0 Å². The Balaban J connectivity index is 2.45. The van der Waals surface area contributed by atoms with Gasteiger partial charge in [0.15, 0.2) is 0 Å². The van der Waals surface area contributed by atoms with Gasteiger partial charge in [0.25, 0.3) is 0 Å². The molecule has 25 heavy (non-hydrogen) atoms. The molecule has 0 aromatic carbocycles. The molecule has 1 saturated carbocycles. The first-order valence-corrected chi connectivity index (χ1v) is 8.18. The van der Waals surface area contributed by atoms with Gasteiger partial charge >= 0.3 is 18.2 Å². The maximum Gasteiger partial charge on any atom is 0.419 e. The normalized spacial score (nSPS) is 22.7. The zero-order valence-electron chi connectivity index (χ0n) is 13.8. The smallest absolute Gasteiger partial charge is 0.419 e. The summed E-state index contributed by atoms with van der Waals surface area (Å²) >= 11 is 0. The summed E-state index contributed by atoms with van der Waals surface area (Å²) in [6.45, 7) is 2.95. The number of rotatable bonds is 10. The molecule has 0 bridgehead atoms. The van der Waals surface area contributed by atoms with Crippen molar-refractivity contribution >= 4 is 0 Å². The van der Waals surface area contributed by atoms with Crippen LogP contribution in [-0.2, 0) is 9.47 Å². The summed E-state index contributed by atoms with van der Waals surface area (Å²) in [5.74, 6) is -6.88. The lowest BCUT2D eigenvalue weighted by molar-refractivity contribution is -0.364. The zero-order chi connectivity index (χ0) is 19.1. The summed E-state index contributed by atoms with van der Waals surface area (Å²) in [5.41, 5.74) is 0. The first-order chi connectivity index (χ1) is 11.5. The highest BCUT2D eigenvalue weighted by Gasteiger charge is 2.62. The van der Waals surface area contributed by atoms with E-state index < -0.39 is 43.1 Å². The Morgan fingerprint density at radius 1 is 0.880 bits per heavy atom. The number of ether oxygens (including phenoxy) is 2. The number of alkyl halides is 7. The Bertz CT molecular complexity index is 402. The van der Waals surface area contributed by atoms with Crippen molar-refractivity contribution < 1.29 is 40.2 Å². The molecule has 148 valence electrons. The minimum Gasteiger partial charge on any atom is -0.502 e. The van der Waals surface area contributed by atoms with Crippen molar-refractivity contribution in [1.29, 1.82) is 0 Å². The lowest BCUT2D eigenvalue weighted by atomic mass is 9.77. The number of hydrogen-bond acceptors (Lipinski definition) is 2. The second-order valence-electron chi connectivity index (χ2n) is 6.27.